The Hall–Kier alpha value is -1.87. The molecule has 4 aliphatic carbocycles. The van der Waals surface area contributed by atoms with Gasteiger partial charge in [0.15, 0.2) is 0 Å². The number of carbonyl (C=O) groups excluding carboxylic acids is 1. The molecule has 1 aliphatic heterocycles. The molecule has 5 aliphatic rings. The number of carbonyl (C=O) groups is 1. The summed E-state index contributed by atoms with van der Waals surface area (Å²) in [5.41, 5.74) is -1.26. The lowest BCUT2D eigenvalue weighted by Crippen LogP contribution is -2.63. The summed E-state index contributed by atoms with van der Waals surface area (Å²) in [6.45, 7) is 4.44. The molecule has 1 aromatic rings. The van der Waals surface area contributed by atoms with Crippen molar-refractivity contribution in [2.75, 3.05) is 31.1 Å². The topological polar surface area (TPSA) is 68.7 Å². The number of nitrogens with zero attached hydrogens (tertiary/aromatic N) is 3. The minimum absolute atomic E-state index is 0.0376. The van der Waals surface area contributed by atoms with Crippen LogP contribution < -0.4 is 10.2 Å². The fourth-order valence-corrected chi connectivity index (χ4v) is 6.75. The van der Waals surface area contributed by atoms with Gasteiger partial charge in [0.05, 0.1) is 17.2 Å². The highest BCUT2D eigenvalue weighted by Gasteiger charge is 2.55. The molecule has 3 atom stereocenters. The van der Waals surface area contributed by atoms with Crippen LogP contribution >= 0.6 is 0 Å². The zero-order valence-electron chi connectivity index (χ0n) is 18.3. The van der Waals surface area contributed by atoms with E-state index >= 15 is 0 Å². The average Bonchev–Trinajstić information content (AvgIpc) is 2.74. The molecular weight excluding hydrogens is 421 g/mol. The van der Waals surface area contributed by atoms with E-state index in [1.165, 1.54) is 6.07 Å². The van der Waals surface area contributed by atoms with Crippen molar-refractivity contribution < 1.29 is 23.1 Å². The molecule has 2 heterocycles. The zero-order chi connectivity index (χ0) is 22.7. The Balaban J connectivity index is 1.14. The summed E-state index contributed by atoms with van der Waals surface area (Å²) in [7, 11) is 0. The van der Waals surface area contributed by atoms with Crippen LogP contribution in [0, 0.1) is 17.8 Å². The summed E-state index contributed by atoms with van der Waals surface area (Å²) in [6, 6.07) is 2.37. The van der Waals surface area contributed by atoms with Crippen molar-refractivity contribution in [2.24, 2.45) is 17.8 Å². The van der Waals surface area contributed by atoms with Gasteiger partial charge in [-0.15, -0.1) is 0 Å². The lowest BCUT2D eigenvalue weighted by molar-refractivity contribution is -0.148. The second-order valence-corrected chi connectivity index (χ2v) is 10.3. The number of hydrogen-bond donors (Lipinski definition) is 2. The van der Waals surface area contributed by atoms with Crippen molar-refractivity contribution in [2.45, 2.75) is 62.9 Å². The molecule has 32 heavy (non-hydrogen) atoms. The fraction of sp³-hybridized carbons (Fsp3) is 0.739. The summed E-state index contributed by atoms with van der Waals surface area (Å²) in [4.78, 5) is 21.1. The number of amides is 1. The van der Waals surface area contributed by atoms with Crippen LogP contribution in [0.15, 0.2) is 18.3 Å². The van der Waals surface area contributed by atoms with Crippen LogP contribution in [-0.2, 0) is 11.0 Å². The molecule has 176 valence electrons. The minimum Gasteiger partial charge on any atom is -0.390 e. The molecule has 1 saturated heterocycles. The SMILES string of the molecule is C[C@@H](C(=O)NC1C2CC3CC1CC(O)(C3)C2)N1CCN(c2ccc(C(F)(F)F)cn2)CC1. The van der Waals surface area contributed by atoms with Gasteiger partial charge in [0.1, 0.15) is 5.82 Å². The molecule has 0 spiro atoms. The van der Waals surface area contributed by atoms with E-state index in [1.54, 1.807) is 0 Å². The monoisotopic (exact) mass is 452 g/mol. The van der Waals surface area contributed by atoms with Crippen LogP contribution in [0.25, 0.3) is 0 Å². The predicted molar refractivity (Wildman–Crippen MR) is 113 cm³/mol. The highest BCUT2D eigenvalue weighted by atomic mass is 19.4. The van der Waals surface area contributed by atoms with Crippen molar-refractivity contribution in [1.29, 1.82) is 0 Å². The number of nitrogens with one attached hydrogen (secondary N) is 1. The van der Waals surface area contributed by atoms with Gasteiger partial charge in [0.25, 0.3) is 0 Å². The van der Waals surface area contributed by atoms with Gasteiger partial charge in [-0.05, 0) is 68.9 Å². The summed E-state index contributed by atoms with van der Waals surface area (Å²) >= 11 is 0. The average molecular weight is 453 g/mol. The van der Waals surface area contributed by atoms with Crippen LogP contribution in [0.2, 0.25) is 0 Å². The van der Waals surface area contributed by atoms with Gasteiger partial charge in [-0.25, -0.2) is 4.98 Å². The van der Waals surface area contributed by atoms with Crippen LogP contribution in [0.5, 0.6) is 0 Å². The van der Waals surface area contributed by atoms with E-state index < -0.39 is 17.3 Å². The third kappa shape index (κ3) is 4.09. The molecule has 1 aromatic heterocycles. The maximum Gasteiger partial charge on any atom is 0.417 e. The van der Waals surface area contributed by atoms with Crippen molar-refractivity contribution in [3.8, 4) is 0 Å². The number of aliphatic hydroxyl groups is 1. The van der Waals surface area contributed by atoms with E-state index in [9.17, 15) is 23.1 Å². The van der Waals surface area contributed by atoms with Crippen LogP contribution in [0.3, 0.4) is 0 Å². The Labute approximate surface area is 186 Å². The molecular formula is C23H31F3N4O2. The molecule has 2 N–H and O–H groups in total. The fourth-order valence-electron chi connectivity index (χ4n) is 6.75. The van der Waals surface area contributed by atoms with E-state index in [0.717, 1.165) is 44.4 Å². The van der Waals surface area contributed by atoms with Crippen molar-refractivity contribution in [1.82, 2.24) is 15.2 Å². The highest BCUT2D eigenvalue weighted by Crippen LogP contribution is 2.55. The molecule has 1 amide bonds. The van der Waals surface area contributed by atoms with E-state index in [-0.39, 0.29) is 18.0 Å². The number of aromatic nitrogens is 1. The summed E-state index contributed by atoms with van der Waals surface area (Å²) in [5, 5.41) is 14.1. The van der Waals surface area contributed by atoms with E-state index in [1.807, 2.05) is 11.8 Å². The quantitative estimate of drug-likeness (QED) is 0.735. The number of alkyl halides is 3. The Morgan fingerprint density at radius 1 is 1.16 bits per heavy atom. The lowest BCUT2D eigenvalue weighted by Gasteiger charge is -2.58. The number of halogens is 3. The maximum absolute atomic E-state index is 13.0. The summed E-state index contributed by atoms with van der Waals surface area (Å²) in [5.74, 6) is 1.93. The van der Waals surface area contributed by atoms with Crippen LogP contribution in [-0.4, -0.2) is 64.8 Å². The molecule has 0 radical (unpaired) electrons. The second kappa shape index (κ2) is 7.87. The van der Waals surface area contributed by atoms with Crippen molar-refractivity contribution in [3.05, 3.63) is 23.9 Å². The molecule has 9 heteroatoms. The Morgan fingerprint density at radius 2 is 1.81 bits per heavy atom. The first kappa shape index (κ1) is 21.9. The standard InChI is InChI=1S/C23H31F3N4O2/c1-14(21(31)28-20-16-8-15-9-17(20)12-22(32,10-15)11-16)29-4-6-30(7-5-29)19-3-2-18(13-27-19)23(24,25)26/h2-3,13-17,20,32H,4-12H2,1H3,(H,28,31)/t14-,15?,16?,17?,20?,22?/m0/s1. The van der Waals surface area contributed by atoms with Gasteiger partial charge in [0, 0.05) is 38.4 Å². The number of rotatable bonds is 4. The van der Waals surface area contributed by atoms with Gasteiger partial charge in [-0.2, -0.15) is 13.2 Å². The first-order chi connectivity index (χ1) is 15.1. The van der Waals surface area contributed by atoms with Gasteiger partial charge in [-0.1, -0.05) is 0 Å². The molecule has 2 unspecified atom stereocenters. The van der Waals surface area contributed by atoms with Gasteiger partial charge in [0.2, 0.25) is 5.91 Å². The Bertz CT molecular complexity index is 838. The molecule has 4 bridgehead atoms. The molecule has 6 nitrogen and oxygen atoms in total. The van der Waals surface area contributed by atoms with Crippen LogP contribution in [0.4, 0.5) is 19.0 Å². The third-order valence-corrected chi connectivity index (χ3v) is 8.19. The highest BCUT2D eigenvalue weighted by molar-refractivity contribution is 5.81. The van der Waals surface area contributed by atoms with Crippen molar-refractivity contribution in [3.63, 3.8) is 0 Å². The minimum atomic E-state index is -4.39. The summed E-state index contributed by atoms with van der Waals surface area (Å²) in [6.07, 6.45) is 1.24. The Morgan fingerprint density at radius 3 is 2.34 bits per heavy atom. The number of piperazine rings is 1. The number of anilines is 1. The van der Waals surface area contributed by atoms with E-state index in [0.29, 0.717) is 49.8 Å². The lowest BCUT2D eigenvalue weighted by atomic mass is 9.52. The zero-order valence-corrected chi connectivity index (χ0v) is 18.3. The van der Waals surface area contributed by atoms with E-state index in [2.05, 4.69) is 15.2 Å². The maximum atomic E-state index is 13.0. The predicted octanol–water partition coefficient (Wildman–Crippen LogP) is 2.67. The number of pyridine rings is 1. The van der Waals surface area contributed by atoms with Gasteiger partial charge in [-0.3, -0.25) is 9.69 Å². The first-order valence-electron chi connectivity index (χ1n) is 11.7. The molecule has 6 rings (SSSR count). The largest absolute Gasteiger partial charge is 0.417 e. The summed E-state index contributed by atoms with van der Waals surface area (Å²) < 4.78 is 38.2. The van der Waals surface area contributed by atoms with Gasteiger partial charge >= 0.3 is 6.18 Å². The van der Waals surface area contributed by atoms with Crippen LogP contribution in [0.1, 0.15) is 44.6 Å². The van der Waals surface area contributed by atoms with E-state index in [4.69, 9.17) is 0 Å². The smallest absolute Gasteiger partial charge is 0.390 e. The third-order valence-electron chi connectivity index (χ3n) is 8.19. The second-order valence-electron chi connectivity index (χ2n) is 10.3. The molecule has 0 aromatic carbocycles. The first-order valence-corrected chi connectivity index (χ1v) is 11.7. The van der Waals surface area contributed by atoms with Gasteiger partial charge < -0.3 is 15.3 Å². The molecule has 4 saturated carbocycles. The molecule has 5 fully saturated rings. The normalized spacial score (nSPS) is 35.7. The van der Waals surface area contributed by atoms with Crippen molar-refractivity contribution >= 4 is 11.7 Å². The Kier molecular flexibility index (Phi) is 5.40. The number of hydrogen-bond acceptors (Lipinski definition) is 5.